The van der Waals surface area contributed by atoms with Gasteiger partial charge in [-0.2, -0.15) is 0 Å². The van der Waals surface area contributed by atoms with Crippen LogP contribution in [0.3, 0.4) is 0 Å². The van der Waals surface area contributed by atoms with Crippen molar-refractivity contribution in [3.05, 3.63) is 45.9 Å². The second-order valence-corrected chi connectivity index (χ2v) is 6.60. The molecule has 1 amide bonds. The minimum absolute atomic E-state index is 0.0468. The van der Waals surface area contributed by atoms with Gasteiger partial charge in [0.05, 0.1) is 25.4 Å². The van der Waals surface area contributed by atoms with Gasteiger partial charge >= 0.3 is 0 Å². The Balaban J connectivity index is 1.87. The molecule has 1 aliphatic rings. The zero-order valence-electron chi connectivity index (χ0n) is 15.3. The number of hydrogen-bond acceptors (Lipinski definition) is 4. The third-order valence-electron chi connectivity index (χ3n) is 4.27. The molecule has 6 nitrogen and oxygen atoms in total. The molecule has 1 aliphatic heterocycles. The number of aromatic nitrogens is 1. The highest BCUT2D eigenvalue weighted by Gasteiger charge is 2.27. The Labute approximate surface area is 148 Å². The SMILES string of the molecule is CC(C)=CCO[C@H]1CCOC[C@H]1NC(=O)CCn1c(C)cccc1=O. The van der Waals surface area contributed by atoms with Crippen LogP contribution in [0, 0.1) is 6.92 Å². The van der Waals surface area contributed by atoms with Gasteiger partial charge in [-0.25, -0.2) is 0 Å². The number of carbonyl (C=O) groups excluding carboxylic acids is 1. The number of hydrogen-bond donors (Lipinski definition) is 1. The second kappa shape index (κ2) is 9.53. The molecule has 1 fully saturated rings. The summed E-state index contributed by atoms with van der Waals surface area (Å²) in [7, 11) is 0. The summed E-state index contributed by atoms with van der Waals surface area (Å²) in [4.78, 5) is 24.1. The minimum Gasteiger partial charge on any atom is -0.379 e. The molecule has 2 rings (SSSR count). The van der Waals surface area contributed by atoms with E-state index in [1.54, 1.807) is 10.6 Å². The van der Waals surface area contributed by atoms with Crippen molar-refractivity contribution in [1.29, 1.82) is 0 Å². The van der Waals surface area contributed by atoms with E-state index in [9.17, 15) is 9.59 Å². The van der Waals surface area contributed by atoms with E-state index in [1.807, 2.05) is 32.9 Å². The smallest absolute Gasteiger partial charge is 0.250 e. The van der Waals surface area contributed by atoms with Crippen molar-refractivity contribution in [3.63, 3.8) is 0 Å². The number of carbonyl (C=O) groups is 1. The topological polar surface area (TPSA) is 69.6 Å². The van der Waals surface area contributed by atoms with Gasteiger partial charge in [-0.05, 0) is 33.3 Å². The number of allylic oxidation sites excluding steroid dienone is 1. The molecule has 0 bridgehead atoms. The lowest BCUT2D eigenvalue weighted by atomic mass is 10.1. The fraction of sp³-hybridized carbons (Fsp3) is 0.579. The van der Waals surface area contributed by atoms with Gasteiger partial charge in [0.15, 0.2) is 0 Å². The molecule has 2 atom stereocenters. The van der Waals surface area contributed by atoms with Gasteiger partial charge in [0.1, 0.15) is 0 Å². The Morgan fingerprint density at radius 1 is 1.44 bits per heavy atom. The molecule has 0 saturated carbocycles. The van der Waals surface area contributed by atoms with Gasteiger partial charge in [-0.15, -0.1) is 0 Å². The van der Waals surface area contributed by atoms with E-state index in [0.29, 0.717) is 26.4 Å². The molecule has 0 aliphatic carbocycles. The normalized spacial score (nSPS) is 20.1. The molecule has 6 heteroatoms. The lowest BCUT2D eigenvalue weighted by molar-refractivity contribution is -0.126. The summed E-state index contributed by atoms with van der Waals surface area (Å²) in [5, 5.41) is 2.99. The molecule has 0 radical (unpaired) electrons. The van der Waals surface area contributed by atoms with E-state index in [4.69, 9.17) is 9.47 Å². The first-order chi connectivity index (χ1) is 12.0. The maximum Gasteiger partial charge on any atom is 0.250 e. The van der Waals surface area contributed by atoms with Crippen molar-refractivity contribution in [2.45, 2.75) is 52.3 Å². The summed E-state index contributed by atoms with van der Waals surface area (Å²) in [5.74, 6) is -0.0959. The number of aryl methyl sites for hydroxylation is 1. The summed E-state index contributed by atoms with van der Waals surface area (Å²) in [5.41, 5.74) is 1.97. The van der Waals surface area contributed by atoms with Crippen LogP contribution in [0.5, 0.6) is 0 Å². The Morgan fingerprint density at radius 3 is 2.96 bits per heavy atom. The Morgan fingerprint density at radius 2 is 2.24 bits per heavy atom. The van der Waals surface area contributed by atoms with Crippen LogP contribution in [0.15, 0.2) is 34.6 Å². The van der Waals surface area contributed by atoms with Crippen LogP contribution in [0.1, 0.15) is 32.4 Å². The Bertz CT molecular complexity index is 662. The molecular formula is C19H28N2O4. The van der Waals surface area contributed by atoms with Crippen LogP contribution >= 0.6 is 0 Å². The molecule has 0 spiro atoms. The number of nitrogens with zero attached hydrogens (tertiary/aromatic N) is 1. The first kappa shape index (κ1) is 19.4. The first-order valence-electron chi connectivity index (χ1n) is 8.76. The van der Waals surface area contributed by atoms with Crippen molar-refractivity contribution in [3.8, 4) is 0 Å². The quantitative estimate of drug-likeness (QED) is 0.763. The van der Waals surface area contributed by atoms with Gasteiger partial charge in [-0.3, -0.25) is 9.59 Å². The number of ether oxygens (including phenoxy) is 2. The van der Waals surface area contributed by atoms with Crippen LogP contribution in [0.25, 0.3) is 0 Å². The molecule has 2 heterocycles. The first-order valence-corrected chi connectivity index (χ1v) is 8.76. The monoisotopic (exact) mass is 348 g/mol. The lowest BCUT2D eigenvalue weighted by Crippen LogP contribution is -2.50. The molecule has 1 saturated heterocycles. The summed E-state index contributed by atoms with van der Waals surface area (Å²) in [6, 6.07) is 4.94. The largest absolute Gasteiger partial charge is 0.379 e. The van der Waals surface area contributed by atoms with E-state index < -0.39 is 0 Å². The van der Waals surface area contributed by atoms with E-state index in [-0.39, 0.29) is 30.0 Å². The fourth-order valence-electron chi connectivity index (χ4n) is 2.79. The fourth-order valence-corrected chi connectivity index (χ4v) is 2.79. The summed E-state index contributed by atoms with van der Waals surface area (Å²) in [6.45, 7) is 7.92. The van der Waals surface area contributed by atoms with Crippen molar-refractivity contribution in [2.75, 3.05) is 19.8 Å². The zero-order chi connectivity index (χ0) is 18.2. The summed E-state index contributed by atoms with van der Waals surface area (Å²) < 4.78 is 13.0. The summed E-state index contributed by atoms with van der Waals surface area (Å²) in [6.07, 6.45) is 2.99. The minimum atomic E-state index is -0.152. The molecule has 25 heavy (non-hydrogen) atoms. The number of pyridine rings is 1. The van der Waals surface area contributed by atoms with Gasteiger partial charge in [0.2, 0.25) is 5.91 Å². The third kappa shape index (κ3) is 6.14. The van der Waals surface area contributed by atoms with Gasteiger partial charge in [0, 0.05) is 31.3 Å². The highest BCUT2D eigenvalue weighted by Crippen LogP contribution is 2.12. The van der Waals surface area contributed by atoms with Crippen molar-refractivity contribution < 1.29 is 14.3 Å². The van der Waals surface area contributed by atoms with Crippen LogP contribution in [0.2, 0.25) is 0 Å². The predicted octanol–water partition coefficient (Wildman–Crippen LogP) is 1.80. The molecule has 1 aromatic heterocycles. The predicted molar refractivity (Wildman–Crippen MR) is 96.6 cm³/mol. The zero-order valence-corrected chi connectivity index (χ0v) is 15.3. The third-order valence-corrected chi connectivity index (χ3v) is 4.27. The van der Waals surface area contributed by atoms with Gasteiger partial charge in [-0.1, -0.05) is 17.7 Å². The second-order valence-electron chi connectivity index (χ2n) is 6.60. The van der Waals surface area contributed by atoms with Crippen molar-refractivity contribution in [2.24, 2.45) is 0 Å². The average Bonchev–Trinajstić information content (AvgIpc) is 2.55. The Hall–Kier alpha value is -1.92. The summed E-state index contributed by atoms with van der Waals surface area (Å²) >= 11 is 0. The molecule has 1 aromatic rings. The van der Waals surface area contributed by atoms with Gasteiger partial charge < -0.3 is 19.4 Å². The molecule has 138 valence electrons. The van der Waals surface area contributed by atoms with Crippen LogP contribution in [-0.4, -0.2) is 42.4 Å². The van der Waals surface area contributed by atoms with Crippen LogP contribution in [-0.2, 0) is 20.8 Å². The number of rotatable bonds is 7. The molecule has 0 unspecified atom stereocenters. The highest BCUT2D eigenvalue weighted by molar-refractivity contribution is 5.76. The standard InChI is InChI=1S/C19H28N2O4/c1-14(2)8-12-25-17-9-11-24-13-16(17)20-18(22)7-10-21-15(3)5-4-6-19(21)23/h4-6,8,16-17H,7,9-13H2,1-3H3,(H,20,22)/t16-,17+/m1/s1. The van der Waals surface area contributed by atoms with E-state index in [1.165, 1.54) is 11.6 Å². The van der Waals surface area contributed by atoms with Crippen LogP contribution < -0.4 is 10.9 Å². The van der Waals surface area contributed by atoms with Crippen molar-refractivity contribution in [1.82, 2.24) is 9.88 Å². The lowest BCUT2D eigenvalue weighted by Gasteiger charge is -2.32. The maximum atomic E-state index is 12.3. The van der Waals surface area contributed by atoms with E-state index in [2.05, 4.69) is 5.32 Å². The van der Waals surface area contributed by atoms with Crippen molar-refractivity contribution >= 4 is 5.91 Å². The average molecular weight is 348 g/mol. The number of nitrogens with one attached hydrogen (secondary N) is 1. The maximum absolute atomic E-state index is 12.3. The molecule has 0 aromatic carbocycles. The molecular weight excluding hydrogens is 320 g/mol. The highest BCUT2D eigenvalue weighted by atomic mass is 16.5. The van der Waals surface area contributed by atoms with Crippen LogP contribution in [0.4, 0.5) is 0 Å². The van der Waals surface area contributed by atoms with E-state index >= 15 is 0 Å². The number of amides is 1. The Kier molecular flexibility index (Phi) is 7.40. The van der Waals surface area contributed by atoms with E-state index in [0.717, 1.165) is 12.1 Å². The van der Waals surface area contributed by atoms with Gasteiger partial charge in [0.25, 0.3) is 5.56 Å². The molecule has 1 N–H and O–H groups in total.